The second kappa shape index (κ2) is 3.02. The van der Waals surface area contributed by atoms with Crippen molar-refractivity contribution >= 4 is 0 Å². The molecular formula is C11H21N. The fraction of sp³-hybridized carbons (Fsp3) is 1.00. The predicted octanol–water partition coefficient (Wildman–Crippen LogP) is 2.41. The van der Waals surface area contributed by atoms with Gasteiger partial charge in [0.1, 0.15) is 0 Å². The third-order valence-electron chi connectivity index (χ3n) is 3.98. The van der Waals surface area contributed by atoms with Crippen LogP contribution in [0.5, 0.6) is 0 Å². The zero-order valence-electron chi connectivity index (χ0n) is 8.29. The minimum absolute atomic E-state index is 0.504. The van der Waals surface area contributed by atoms with Gasteiger partial charge < -0.3 is 5.73 Å². The first kappa shape index (κ1) is 8.55. The van der Waals surface area contributed by atoms with Gasteiger partial charge in [-0.25, -0.2) is 0 Å². The lowest BCUT2D eigenvalue weighted by molar-refractivity contribution is 0.0881. The minimum Gasteiger partial charge on any atom is -0.327 e. The molecule has 1 nitrogen and oxygen atoms in total. The third-order valence-corrected chi connectivity index (χ3v) is 3.98. The van der Waals surface area contributed by atoms with E-state index >= 15 is 0 Å². The fourth-order valence-corrected chi connectivity index (χ4v) is 3.46. The largest absolute Gasteiger partial charge is 0.327 e. The van der Waals surface area contributed by atoms with Crippen LogP contribution in [0, 0.1) is 23.7 Å². The van der Waals surface area contributed by atoms with Crippen LogP contribution in [0.25, 0.3) is 0 Å². The van der Waals surface area contributed by atoms with Crippen molar-refractivity contribution in [2.45, 2.75) is 45.6 Å². The summed E-state index contributed by atoms with van der Waals surface area (Å²) in [4.78, 5) is 0. The average Bonchev–Trinajstić information content (AvgIpc) is 1.99. The Hall–Kier alpha value is -0.0400. The van der Waals surface area contributed by atoms with Crippen molar-refractivity contribution in [2.24, 2.45) is 29.4 Å². The maximum absolute atomic E-state index is 6.19. The van der Waals surface area contributed by atoms with E-state index in [1.54, 1.807) is 0 Å². The number of rotatable bonds is 0. The summed E-state index contributed by atoms with van der Waals surface area (Å²) in [5, 5.41) is 0. The van der Waals surface area contributed by atoms with Crippen molar-refractivity contribution in [2.75, 3.05) is 0 Å². The fourth-order valence-electron chi connectivity index (χ4n) is 3.46. The zero-order chi connectivity index (χ0) is 8.72. The highest BCUT2D eigenvalue weighted by molar-refractivity contribution is 4.91. The van der Waals surface area contributed by atoms with Gasteiger partial charge in [-0.15, -0.1) is 0 Å². The van der Waals surface area contributed by atoms with Crippen LogP contribution in [-0.2, 0) is 0 Å². The van der Waals surface area contributed by atoms with Crippen molar-refractivity contribution in [3.05, 3.63) is 0 Å². The summed E-state index contributed by atoms with van der Waals surface area (Å²) in [6, 6.07) is 0.504. The van der Waals surface area contributed by atoms with Gasteiger partial charge in [0.2, 0.25) is 0 Å². The molecule has 0 radical (unpaired) electrons. The van der Waals surface area contributed by atoms with Crippen molar-refractivity contribution in [3.63, 3.8) is 0 Å². The van der Waals surface area contributed by atoms with Crippen molar-refractivity contribution in [3.8, 4) is 0 Å². The molecule has 12 heavy (non-hydrogen) atoms. The standard InChI is InChI=1S/C11H21N/c1-7-3-9-5-8(2)11(12)10(4-7)6-9/h7-11H,3-6,12H2,1-2H3. The smallest absolute Gasteiger partial charge is 0.00933 e. The Morgan fingerprint density at radius 3 is 2.50 bits per heavy atom. The minimum atomic E-state index is 0.504. The van der Waals surface area contributed by atoms with Gasteiger partial charge in [-0.3, -0.25) is 0 Å². The SMILES string of the molecule is CC1CC2CC(C)C(N)C(C1)C2. The number of nitrogens with two attached hydrogens (primary N) is 1. The van der Waals surface area contributed by atoms with E-state index in [2.05, 4.69) is 13.8 Å². The molecule has 1 heteroatoms. The summed E-state index contributed by atoms with van der Waals surface area (Å²) < 4.78 is 0. The zero-order valence-corrected chi connectivity index (χ0v) is 8.29. The van der Waals surface area contributed by atoms with Crippen LogP contribution in [0.3, 0.4) is 0 Å². The molecule has 0 heterocycles. The van der Waals surface area contributed by atoms with Crippen LogP contribution in [-0.4, -0.2) is 6.04 Å². The lowest BCUT2D eigenvalue weighted by atomic mass is 9.63. The highest BCUT2D eigenvalue weighted by Crippen LogP contribution is 2.43. The van der Waals surface area contributed by atoms with Crippen LogP contribution in [0.4, 0.5) is 0 Å². The molecule has 5 atom stereocenters. The van der Waals surface area contributed by atoms with Crippen LogP contribution in [0.2, 0.25) is 0 Å². The number of fused-ring (bicyclic) bond motifs is 2. The molecule has 2 rings (SSSR count). The Morgan fingerprint density at radius 2 is 1.75 bits per heavy atom. The molecule has 2 N–H and O–H groups in total. The molecule has 2 aliphatic carbocycles. The Kier molecular flexibility index (Phi) is 2.16. The first-order valence-electron chi connectivity index (χ1n) is 5.42. The van der Waals surface area contributed by atoms with Gasteiger partial charge in [-0.2, -0.15) is 0 Å². The quantitative estimate of drug-likeness (QED) is 0.589. The van der Waals surface area contributed by atoms with Crippen molar-refractivity contribution in [1.29, 1.82) is 0 Å². The maximum Gasteiger partial charge on any atom is 0.00933 e. The highest BCUT2D eigenvalue weighted by Gasteiger charge is 2.37. The van der Waals surface area contributed by atoms with Gasteiger partial charge >= 0.3 is 0 Å². The molecule has 0 saturated heterocycles. The molecule has 0 spiro atoms. The van der Waals surface area contributed by atoms with Crippen LogP contribution in [0.15, 0.2) is 0 Å². The number of hydrogen-bond acceptors (Lipinski definition) is 1. The second-order valence-electron chi connectivity index (χ2n) is 5.23. The van der Waals surface area contributed by atoms with E-state index < -0.39 is 0 Å². The first-order valence-corrected chi connectivity index (χ1v) is 5.42. The topological polar surface area (TPSA) is 26.0 Å². The van der Waals surface area contributed by atoms with Crippen molar-refractivity contribution in [1.82, 2.24) is 0 Å². The molecule has 2 aliphatic rings. The van der Waals surface area contributed by atoms with Gasteiger partial charge in [0.15, 0.2) is 0 Å². The molecule has 2 bridgehead atoms. The van der Waals surface area contributed by atoms with E-state index in [0.717, 1.165) is 23.7 Å². The van der Waals surface area contributed by atoms with Crippen molar-refractivity contribution < 1.29 is 0 Å². The molecule has 2 fully saturated rings. The van der Waals surface area contributed by atoms with E-state index in [4.69, 9.17) is 5.73 Å². The summed E-state index contributed by atoms with van der Waals surface area (Å²) in [6.45, 7) is 4.72. The second-order valence-corrected chi connectivity index (χ2v) is 5.23. The van der Waals surface area contributed by atoms with E-state index in [9.17, 15) is 0 Å². The highest BCUT2D eigenvalue weighted by atomic mass is 14.7. The van der Waals surface area contributed by atoms with Gasteiger partial charge in [0, 0.05) is 6.04 Å². The normalized spacial score (nSPS) is 53.8. The van der Waals surface area contributed by atoms with Crippen LogP contribution >= 0.6 is 0 Å². The summed E-state index contributed by atoms with van der Waals surface area (Å²) >= 11 is 0. The maximum atomic E-state index is 6.19. The Morgan fingerprint density at radius 1 is 1.00 bits per heavy atom. The molecular weight excluding hydrogens is 146 g/mol. The molecule has 0 aromatic heterocycles. The molecule has 0 aromatic rings. The Labute approximate surface area is 75.7 Å². The molecule has 0 amide bonds. The summed E-state index contributed by atoms with van der Waals surface area (Å²) in [7, 11) is 0. The predicted molar refractivity (Wildman–Crippen MR) is 51.8 cm³/mol. The Bertz CT molecular complexity index is 162. The van der Waals surface area contributed by atoms with Gasteiger partial charge in [-0.1, -0.05) is 13.8 Å². The van der Waals surface area contributed by atoms with Gasteiger partial charge in [0.25, 0.3) is 0 Å². The Balaban J connectivity index is 2.07. The molecule has 0 aliphatic heterocycles. The van der Waals surface area contributed by atoms with Gasteiger partial charge in [0.05, 0.1) is 0 Å². The molecule has 5 unspecified atom stereocenters. The van der Waals surface area contributed by atoms with E-state index in [1.807, 2.05) is 0 Å². The monoisotopic (exact) mass is 167 g/mol. The summed E-state index contributed by atoms with van der Waals surface area (Å²) in [6.07, 6.45) is 5.67. The molecule has 0 aromatic carbocycles. The lowest BCUT2D eigenvalue weighted by Crippen LogP contribution is -2.45. The number of hydrogen-bond donors (Lipinski definition) is 1. The summed E-state index contributed by atoms with van der Waals surface area (Å²) in [5.74, 6) is 3.57. The van der Waals surface area contributed by atoms with Crippen LogP contribution in [0.1, 0.15) is 39.5 Å². The third kappa shape index (κ3) is 1.39. The van der Waals surface area contributed by atoms with Crippen LogP contribution < -0.4 is 5.73 Å². The average molecular weight is 167 g/mol. The van der Waals surface area contributed by atoms with Gasteiger partial charge in [-0.05, 0) is 49.4 Å². The van der Waals surface area contributed by atoms with E-state index in [-0.39, 0.29) is 0 Å². The van der Waals surface area contributed by atoms with E-state index in [1.165, 1.54) is 25.7 Å². The molecule has 70 valence electrons. The first-order chi connectivity index (χ1) is 5.66. The molecule has 2 saturated carbocycles. The summed E-state index contributed by atoms with van der Waals surface area (Å²) in [5.41, 5.74) is 6.19. The van der Waals surface area contributed by atoms with E-state index in [0.29, 0.717) is 6.04 Å². The lowest BCUT2D eigenvalue weighted by Gasteiger charge is -2.44.